The second-order valence-electron chi connectivity index (χ2n) is 4.76. The lowest BCUT2D eigenvalue weighted by Crippen LogP contribution is -2.28. The first-order chi connectivity index (χ1) is 8.29. The highest BCUT2D eigenvalue weighted by Crippen LogP contribution is 2.35. The highest BCUT2D eigenvalue weighted by Gasteiger charge is 2.21. The van der Waals surface area contributed by atoms with E-state index in [1.807, 2.05) is 0 Å². The zero-order chi connectivity index (χ0) is 11.8. The number of hydrogen-bond acceptors (Lipinski definition) is 2. The van der Waals surface area contributed by atoms with Gasteiger partial charge in [-0.3, -0.25) is 0 Å². The summed E-state index contributed by atoms with van der Waals surface area (Å²) in [4.78, 5) is 0. The van der Waals surface area contributed by atoms with Crippen molar-refractivity contribution >= 4 is 10.8 Å². The van der Waals surface area contributed by atoms with Crippen LogP contribution in [-0.2, 0) is 12.8 Å². The Labute approximate surface area is 101 Å². The molecule has 0 radical (unpaired) electrons. The van der Waals surface area contributed by atoms with Gasteiger partial charge in [0.05, 0.1) is 7.11 Å². The number of aryl methyl sites for hydroxylation is 1. The van der Waals surface area contributed by atoms with Crippen molar-refractivity contribution < 1.29 is 4.74 Å². The van der Waals surface area contributed by atoms with Crippen LogP contribution < -0.4 is 10.5 Å². The van der Waals surface area contributed by atoms with E-state index in [0.29, 0.717) is 0 Å². The minimum Gasteiger partial charge on any atom is -0.496 e. The van der Waals surface area contributed by atoms with Crippen molar-refractivity contribution in [3.8, 4) is 5.75 Å². The standard InChI is InChI=1S/C15H17NO/c1-17-15-8-10-4-2-3-5-12(10)13-7-6-11(16)9-14(13)15/h2-5,8,11H,6-7,9,16H2,1H3. The number of benzene rings is 2. The van der Waals surface area contributed by atoms with Gasteiger partial charge in [0.15, 0.2) is 0 Å². The topological polar surface area (TPSA) is 35.2 Å². The van der Waals surface area contributed by atoms with Gasteiger partial charge < -0.3 is 10.5 Å². The highest BCUT2D eigenvalue weighted by molar-refractivity contribution is 5.89. The fourth-order valence-electron chi connectivity index (χ4n) is 2.82. The Bertz CT molecular complexity index is 562. The Morgan fingerprint density at radius 3 is 2.88 bits per heavy atom. The van der Waals surface area contributed by atoms with Gasteiger partial charge in [-0.1, -0.05) is 24.3 Å². The van der Waals surface area contributed by atoms with E-state index in [9.17, 15) is 0 Å². The molecular formula is C15H17NO. The van der Waals surface area contributed by atoms with Crippen molar-refractivity contribution in [1.82, 2.24) is 0 Å². The lowest BCUT2D eigenvalue weighted by Gasteiger charge is -2.25. The molecule has 2 heteroatoms. The average molecular weight is 227 g/mol. The summed E-state index contributed by atoms with van der Waals surface area (Å²) in [5.74, 6) is 0.994. The molecule has 2 aromatic carbocycles. The first-order valence-electron chi connectivity index (χ1n) is 6.12. The zero-order valence-electron chi connectivity index (χ0n) is 10.1. The predicted molar refractivity (Wildman–Crippen MR) is 70.5 cm³/mol. The van der Waals surface area contributed by atoms with Gasteiger partial charge in [-0.2, -0.15) is 0 Å². The summed E-state index contributed by atoms with van der Waals surface area (Å²) >= 11 is 0. The molecular weight excluding hydrogens is 210 g/mol. The number of ether oxygens (including phenoxy) is 1. The van der Waals surface area contributed by atoms with E-state index in [1.54, 1.807) is 7.11 Å². The minimum absolute atomic E-state index is 0.276. The molecule has 0 amide bonds. The van der Waals surface area contributed by atoms with E-state index in [0.717, 1.165) is 25.0 Å². The second kappa shape index (κ2) is 4.04. The van der Waals surface area contributed by atoms with Crippen molar-refractivity contribution in [2.24, 2.45) is 5.73 Å². The van der Waals surface area contributed by atoms with Crippen molar-refractivity contribution in [2.75, 3.05) is 7.11 Å². The molecule has 88 valence electrons. The molecule has 0 saturated carbocycles. The Morgan fingerprint density at radius 1 is 1.24 bits per heavy atom. The van der Waals surface area contributed by atoms with E-state index >= 15 is 0 Å². The third-order valence-electron chi connectivity index (χ3n) is 3.69. The monoisotopic (exact) mass is 227 g/mol. The number of methoxy groups -OCH3 is 1. The molecule has 3 rings (SSSR count). The maximum absolute atomic E-state index is 6.06. The first-order valence-corrected chi connectivity index (χ1v) is 6.12. The summed E-state index contributed by atoms with van der Waals surface area (Å²) in [6.07, 6.45) is 3.07. The molecule has 0 spiro atoms. The zero-order valence-corrected chi connectivity index (χ0v) is 10.1. The second-order valence-corrected chi connectivity index (χ2v) is 4.76. The molecule has 2 aromatic rings. The van der Waals surface area contributed by atoms with Crippen LogP contribution in [0.4, 0.5) is 0 Å². The van der Waals surface area contributed by atoms with E-state index in [-0.39, 0.29) is 6.04 Å². The predicted octanol–water partition coefficient (Wildman–Crippen LogP) is 2.66. The maximum Gasteiger partial charge on any atom is 0.123 e. The third kappa shape index (κ3) is 1.69. The first kappa shape index (κ1) is 10.6. The number of nitrogens with two attached hydrogens (primary N) is 1. The quantitative estimate of drug-likeness (QED) is 0.813. The summed E-state index contributed by atoms with van der Waals surface area (Å²) in [6.45, 7) is 0. The molecule has 1 aliphatic rings. The molecule has 0 heterocycles. The van der Waals surface area contributed by atoms with Gasteiger partial charge in [-0.15, -0.1) is 0 Å². The van der Waals surface area contributed by atoms with Crippen LogP contribution in [0.5, 0.6) is 5.75 Å². The molecule has 1 aliphatic carbocycles. The molecule has 0 saturated heterocycles. The summed E-state index contributed by atoms with van der Waals surface area (Å²) in [7, 11) is 1.74. The Kier molecular flexibility index (Phi) is 2.52. The Balaban J connectivity index is 2.30. The van der Waals surface area contributed by atoms with Crippen molar-refractivity contribution in [2.45, 2.75) is 25.3 Å². The third-order valence-corrected chi connectivity index (χ3v) is 3.69. The molecule has 2 nitrogen and oxygen atoms in total. The van der Waals surface area contributed by atoms with Gasteiger partial charge in [0.2, 0.25) is 0 Å². The molecule has 17 heavy (non-hydrogen) atoms. The van der Waals surface area contributed by atoms with E-state index in [1.165, 1.54) is 21.9 Å². The molecule has 2 N–H and O–H groups in total. The van der Waals surface area contributed by atoms with Crippen LogP contribution in [0.2, 0.25) is 0 Å². The van der Waals surface area contributed by atoms with Crippen LogP contribution in [0.3, 0.4) is 0 Å². The van der Waals surface area contributed by atoms with Crippen molar-refractivity contribution in [1.29, 1.82) is 0 Å². The summed E-state index contributed by atoms with van der Waals surface area (Å²) < 4.78 is 5.51. The smallest absolute Gasteiger partial charge is 0.123 e. The van der Waals surface area contributed by atoms with Gasteiger partial charge in [0.1, 0.15) is 5.75 Å². The molecule has 0 aromatic heterocycles. The van der Waals surface area contributed by atoms with E-state index in [4.69, 9.17) is 10.5 Å². The Morgan fingerprint density at radius 2 is 2.06 bits per heavy atom. The average Bonchev–Trinajstić information content (AvgIpc) is 2.37. The fraction of sp³-hybridized carbons (Fsp3) is 0.333. The van der Waals surface area contributed by atoms with Gasteiger partial charge in [0, 0.05) is 6.04 Å². The van der Waals surface area contributed by atoms with Crippen LogP contribution >= 0.6 is 0 Å². The van der Waals surface area contributed by atoms with Crippen molar-refractivity contribution in [3.63, 3.8) is 0 Å². The summed E-state index contributed by atoms with van der Waals surface area (Å²) in [6, 6.07) is 10.9. The summed E-state index contributed by atoms with van der Waals surface area (Å²) in [5.41, 5.74) is 8.80. The minimum atomic E-state index is 0.276. The highest BCUT2D eigenvalue weighted by atomic mass is 16.5. The van der Waals surface area contributed by atoms with Crippen LogP contribution in [0.15, 0.2) is 30.3 Å². The molecule has 1 unspecified atom stereocenters. The lowest BCUT2D eigenvalue weighted by molar-refractivity contribution is 0.404. The van der Waals surface area contributed by atoms with Crippen LogP contribution in [-0.4, -0.2) is 13.2 Å². The summed E-state index contributed by atoms with van der Waals surface area (Å²) in [5, 5.41) is 2.62. The fourth-order valence-corrected chi connectivity index (χ4v) is 2.82. The lowest BCUT2D eigenvalue weighted by atomic mass is 9.85. The van der Waals surface area contributed by atoms with Crippen molar-refractivity contribution in [3.05, 3.63) is 41.5 Å². The number of rotatable bonds is 1. The largest absolute Gasteiger partial charge is 0.496 e. The van der Waals surface area contributed by atoms with Crippen LogP contribution in [0.1, 0.15) is 17.5 Å². The van der Waals surface area contributed by atoms with Crippen LogP contribution in [0, 0.1) is 0 Å². The molecule has 0 bridgehead atoms. The normalized spacial score (nSPS) is 19.1. The van der Waals surface area contributed by atoms with Crippen LogP contribution in [0.25, 0.3) is 10.8 Å². The van der Waals surface area contributed by atoms with E-state index < -0.39 is 0 Å². The van der Waals surface area contributed by atoms with Gasteiger partial charge >= 0.3 is 0 Å². The van der Waals surface area contributed by atoms with Gasteiger partial charge in [-0.25, -0.2) is 0 Å². The van der Waals surface area contributed by atoms with Gasteiger partial charge in [-0.05, 0) is 47.2 Å². The number of fused-ring (bicyclic) bond motifs is 3. The number of hydrogen-bond donors (Lipinski definition) is 1. The molecule has 1 atom stereocenters. The Hall–Kier alpha value is -1.54. The van der Waals surface area contributed by atoms with E-state index in [2.05, 4.69) is 30.3 Å². The molecule has 0 aliphatic heterocycles. The molecule has 0 fully saturated rings. The SMILES string of the molecule is COc1cc2ccccc2c2c1CC(N)CC2. The maximum atomic E-state index is 6.06. The van der Waals surface area contributed by atoms with Gasteiger partial charge in [0.25, 0.3) is 0 Å².